The first-order valence-corrected chi connectivity index (χ1v) is 6.90. The summed E-state index contributed by atoms with van der Waals surface area (Å²) in [6.07, 6.45) is 1.78. The Bertz CT molecular complexity index is 1020. The number of nitrogens with zero attached hydrogens (tertiary/aromatic N) is 1. The average molecular weight is 288 g/mol. The molecule has 2 N–H and O–H groups in total. The highest BCUT2D eigenvalue weighted by atomic mass is 16.3. The first-order chi connectivity index (χ1) is 10.7. The lowest BCUT2D eigenvalue weighted by atomic mass is 10.0. The molecule has 0 aliphatic rings. The van der Waals surface area contributed by atoms with E-state index in [1.807, 2.05) is 42.5 Å². The summed E-state index contributed by atoms with van der Waals surface area (Å²) in [7, 11) is 0. The van der Waals surface area contributed by atoms with Crippen LogP contribution in [0.5, 0.6) is 0 Å². The van der Waals surface area contributed by atoms with Crippen LogP contribution in [0.2, 0.25) is 0 Å². The number of carbonyl (C=O) groups is 1. The molecule has 0 saturated heterocycles. The molecular weight excluding hydrogens is 276 g/mol. The number of pyridine rings is 1. The number of nitrogens with two attached hydrogens (primary N) is 1. The average Bonchev–Trinajstić information content (AvgIpc) is 2.99. The summed E-state index contributed by atoms with van der Waals surface area (Å²) in [5.41, 5.74) is 8.22. The first-order valence-electron chi connectivity index (χ1n) is 6.90. The summed E-state index contributed by atoms with van der Waals surface area (Å²) >= 11 is 0. The van der Waals surface area contributed by atoms with E-state index in [0.29, 0.717) is 16.9 Å². The highest BCUT2D eigenvalue weighted by Crippen LogP contribution is 2.33. The van der Waals surface area contributed by atoms with Crippen molar-refractivity contribution in [2.75, 3.05) is 0 Å². The number of hydrogen-bond donors (Lipinski definition) is 1. The van der Waals surface area contributed by atoms with Crippen molar-refractivity contribution in [2.24, 2.45) is 5.73 Å². The maximum absolute atomic E-state index is 11.6. The zero-order valence-corrected chi connectivity index (χ0v) is 11.6. The lowest BCUT2D eigenvalue weighted by Gasteiger charge is -2.02. The molecule has 2 aromatic carbocycles. The molecule has 0 aliphatic carbocycles. The molecule has 0 spiro atoms. The second kappa shape index (κ2) is 4.70. The van der Waals surface area contributed by atoms with E-state index in [1.54, 1.807) is 18.3 Å². The van der Waals surface area contributed by atoms with Gasteiger partial charge in [0, 0.05) is 22.5 Å². The maximum Gasteiger partial charge on any atom is 0.249 e. The van der Waals surface area contributed by atoms with Crippen molar-refractivity contribution in [3.05, 3.63) is 66.4 Å². The van der Waals surface area contributed by atoms with Crippen molar-refractivity contribution in [3.63, 3.8) is 0 Å². The molecule has 0 radical (unpaired) electrons. The number of rotatable bonds is 2. The van der Waals surface area contributed by atoms with E-state index in [2.05, 4.69) is 4.98 Å². The van der Waals surface area contributed by atoms with Crippen molar-refractivity contribution in [1.82, 2.24) is 4.98 Å². The van der Waals surface area contributed by atoms with Crippen LogP contribution in [-0.4, -0.2) is 10.9 Å². The molecule has 0 bridgehead atoms. The van der Waals surface area contributed by atoms with Gasteiger partial charge in [-0.3, -0.25) is 9.78 Å². The molecule has 4 rings (SSSR count). The number of carbonyl (C=O) groups excluding carboxylic acids is 1. The van der Waals surface area contributed by atoms with Crippen LogP contribution in [0.1, 0.15) is 10.4 Å². The van der Waals surface area contributed by atoms with E-state index in [-0.39, 0.29) is 0 Å². The third-order valence-corrected chi connectivity index (χ3v) is 3.71. The minimum absolute atomic E-state index is 0.443. The number of benzene rings is 2. The second-order valence-corrected chi connectivity index (χ2v) is 5.08. The summed E-state index contributed by atoms with van der Waals surface area (Å²) in [6, 6.07) is 16.8. The van der Waals surface area contributed by atoms with Crippen LogP contribution in [0.4, 0.5) is 0 Å². The van der Waals surface area contributed by atoms with Gasteiger partial charge in [-0.15, -0.1) is 0 Å². The topological polar surface area (TPSA) is 69.1 Å². The fourth-order valence-corrected chi connectivity index (χ4v) is 2.67. The molecule has 106 valence electrons. The molecule has 0 unspecified atom stereocenters. The van der Waals surface area contributed by atoms with Gasteiger partial charge in [0.15, 0.2) is 0 Å². The van der Waals surface area contributed by atoms with Crippen LogP contribution in [-0.2, 0) is 0 Å². The molecule has 0 saturated carbocycles. The third kappa shape index (κ3) is 1.85. The van der Waals surface area contributed by atoms with Gasteiger partial charge in [-0.05, 0) is 24.3 Å². The second-order valence-electron chi connectivity index (χ2n) is 5.08. The van der Waals surface area contributed by atoms with Gasteiger partial charge in [0.1, 0.15) is 11.3 Å². The summed E-state index contributed by atoms with van der Waals surface area (Å²) < 4.78 is 6.01. The normalized spacial score (nSPS) is 11.1. The molecule has 4 aromatic rings. The molecule has 4 nitrogen and oxygen atoms in total. The summed E-state index contributed by atoms with van der Waals surface area (Å²) in [6.45, 7) is 0. The highest BCUT2D eigenvalue weighted by Gasteiger charge is 2.14. The Balaban J connectivity index is 2.01. The number of aromatic nitrogens is 1. The molecule has 2 aromatic heterocycles. The monoisotopic (exact) mass is 288 g/mol. The van der Waals surface area contributed by atoms with Crippen molar-refractivity contribution < 1.29 is 9.21 Å². The van der Waals surface area contributed by atoms with Gasteiger partial charge >= 0.3 is 0 Å². The maximum atomic E-state index is 11.6. The molecule has 4 heteroatoms. The summed E-state index contributed by atoms with van der Waals surface area (Å²) in [5.74, 6) is 0.140. The Morgan fingerprint density at radius 1 is 1.05 bits per heavy atom. The number of para-hydroxylation sites is 1. The Morgan fingerprint density at radius 2 is 1.82 bits per heavy atom. The lowest BCUT2D eigenvalue weighted by molar-refractivity contribution is 0.100. The molecular formula is C18H12N2O2. The van der Waals surface area contributed by atoms with Crippen molar-refractivity contribution in [1.29, 1.82) is 0 Å². The summed E-state index contributed by atoms with van der Waals surface area (Å²) in [4.78, 5) is 16.0. The lowest BCUT2D eigenvalue weighted by Crippen LogP contribution is -2.11. The first kappa shape index (κ1) is 12.6. The minimum Gasteiger partial charge on any atom is -0.455 e. The van der Waals surface area contributed by atoms with E-state index in [9.17, 15) is 4.79 Å². The Labute approximate surface area is 126 Å². The van der Waals surface area contributed by atoms with Gasteiger partial charge in [-0.2, -0.15) is 0 Å². The van der Waals surface area contributed by atoms with Crippen molar-refractivity contribution in [2.45, 2.75) is 0 Å². The number of hydrogen-bond acceptors (Lipinski definition) is 3. The minimum atomic E-state index is -0.473. The Kier molecular flexibility index (Phi) is 2.69. The predicted molar refractivity (Wildman–Crippen MR) is 85.5 cm³/mol. The van der Waals surface area contributed by atoms with Crippen LogP contribution in [0.15, 0.2) is 65.2 Å². The van der Waals surface area contributed by atoms with E-state index < -0.39 is 5.91 Å². The Morgan fingerprint density at radius 3 is 2.68 bits per heavy atom. The van der Waals surface area contributed by atoms with Crippen LogP contribution in [0, 0.1) is 0 Å². The van der Waals surface area contributed by atoms with Gasteiger partial charge < -0.3 is 10.2 Å². The molecule has 0 aliphatic heterocycles. The zero-order valence-electron chi connectivity index (χ0n) is 11.6. The fraction of sp³-hybridized carbons (Fsp3) is 0. The van der Waals surface area contributed by atoms with Gasteiger partial charge in [-0.1, -0.05) is 30.3 Å². The fourth-order valence-electron chi connectivity index (χ4n) is 2.67. The number of amides is 1. The smallest absolute Gasteiger partial charge is 0.249 e. The van der Waals surface area contributed by atoms with Crippen LogP contribution >= 0.6 is 0 Å². The molecule has 2 heterocycles. The zero-order chi connectivity index (χ0) is 15.1. The van der Waals surface area contributed by atoms with Gasteiger partial charge in [-0.25, -0.2) is 0 Å². The number of primary amides is 1. The highest BCUT2D eigenvalue weighted by molar-refractivity contribution is 6.05. The van der Waals surface area contributed by atoms with Gasteiger partial charge in [0.25, 0.3) is 0 Å². The number of furan rings is 1. The van der Waals surface area contributed by atoms with Crippen molar-refractivity contribution >= 4 is 27.8 Å². The molecule has 0 atom stereocenters. The van der Waals surface area contributed by atoms with E-state index in [1.165, 1.54) is 0 Å². The standard InChI is InChI=1S/C18H12N2O2/c19-18(21)13-6-2-1-5-12(13)16-9-11-10-20-15-8-4-3-7-14(15)17(11)22-16/h1-10H,(H2,19,21). The predicted octanol–water partition coefficient (Wildman–Crippen LogP) is 3.75. The van der Waals surface area contributed by atoms with Gasteiger partial charge in [0.05, 0.1) is 11.1 Å². The van der Waals surface area contributed by atoms with Gasteiger partial charge in [0.2, 0.25) is 5.91 Å². The van der Waals surface area contributed by atoms with E-state index >= 15 is 0 Å². The largest absolute Gasteiger partial charge is 0.455 e. The van der Waals surface area contributed by atoms with Crippen LogP contribution < -0.4 is 5.73 Å². The van der Waals surface area contributed by atoms with Crippen LogP contribution in [0.3, 0.4) is 0 Å². The molecule has 22 heavy (non-hydrogen) atoms. The number of fused-ring (bicyclic) bond motifs is 3. The SMILES string of the molecule is NC(=O)c1ccccc1-c1cc2cnc3ccccc3c2o1. The molecule has 0 fully saturated rings. The summed E-state index contributed by atoms with van der Waals surface area (Å²) in [5, 5.41) is 1.84. The van der Waals surface area contributed by atoms with Crippen LogP contribution in [0.25, 0.3) is 33.2 Å². The van der Waals surface area contributed by atoms with Crippen molar-refractivity contribution in [3.8, 4) is 11.3 Å². The van der Waals surface area contributed by atoms with E-state index in [4.69, 9.17) is 10.2 Å². The molecule has 1 amide bonds. The Hall–Kier alpha value is -3.14. The van der Waals surface area contributed by atoms with E-state index in [0.717, 1.165) is 21.9 Å². The quantitative estimate of drug-likeness (QED) is 0.610. The third-order valence-electron chi connectivity index (χ3n) is 3.71.